The van der Waals surface area contributed by atoms with E-state index in [4.69, 9.17) is 0 Å². The summed E-state index contributed by atoms with van der Waals surface area (Å²) < 4.78 is 0. The van der Waals surface area contributed by atoms with E-state index in [0.29, 0.717) is 13.0 Å². The van der Waals surface area contributed by atoms with Crippen LogP contribution in [0.15, 0.2) is 18.2 Å². The molecule has 0 aliphatic carbocycles. The minimum atomic E-state index is -0.172. The standard InChI is InChI=1S/C15H24N2O2/c1-5-14(19)17-12-7-6-11(2)13(8-12)16-9-15(3,4)10-18/h6-8,16,18H,5,9-10H2,1-4H3,(H,17,19). The van der Waals surface area contributed by atoms with Crippen LogP contribution in [0.25, 0.3) is 0 Å². The van der Waals surface area contributed by atoms with Crippen LogP contribution in [-0.2, 0) is 4.79 Å². The molecular formula is C15H24N2O2. The Labute approximate surface area is 115 Å². The fourth-order valence-electron chi connectivity index (χ4n) is 1.53. The number of aliphatic hydroxyl groups excluding tert-OH is 1. The van der Waals surface area contributed by atoms with Crippen molar-refractivity contribution < 1.29 is 9.90 Å². The average molecular weight is 264 g/mol. The van der Waals surface area contributed by atoms with E-state index in [1.807, 2.05) is 45.9 Å². The molecule has 0 bridgehead atoms. The lowest BCUT2D eigenvalue weighted by Gasteiger charge is -2.23. The van der Waals surface area contributed by atoms with Crippen molar-refractivity contribution in [2.24, 2.45) is 5.41 Å². The summed E-state index contributed by atoms with van der Waals surface area (Å²) in [7, 11) is 0. The van der Waals surface area contributed by atoms with Crippen molar-refractivity contribution in [2.45, 2.75) is 34.1 Å². The van der Waals surface area contributed by atoms with E-state index in [2.05, 4.69) is 10.6 Å². The number of amides is 1. The van der Waals surface area contributed by atoms with E-state index in [0.717, 1.165) is 16.9 Å². The third-order valence-corrected chi connectivity index (χ3v) is 3.03. The highest BCUT2D eigenvalue weighted by atomic mass is 16.3. The fourth-order valence-corrected chi connectivity index (χ4v) is 1.53. The maximum atomic E-state index is 11.4. The number of anilines is 2. The second-order valence-electron chi connectivity index (χ2n) is 5.61. The van der Waals surface area contributed by atoms with Crippen molar-refractivity contribution >= 4 is 17.3 Å². The first kappa shape index (κ1) is 15.5. The fraction of sp³-hybridized carbons (Fsp3) is 0.533. The Morgan fingerprint density at radius 2 is 2.05 bits per heavy atom. The molecule has 0 aliphatic heterocycles. The molecule has 1 aromatic carbocycles. The minimum Gasteiger partial charge on any atom is -0.396 e. The topological polar surface area (TPSA) is 61.4 Å². The van der Waals surface area contributed by atoms with E-state index in [1.54, 1.807) is 0 Å². The van der Waals surface area contributed by atoms with Crippen molar-refractivity contribution in [3.05, 3.63) is 23.8 Å². The molecule has 106 valence electrons. The molecule has 1 rings (SSSR count). The van der Waals surface area contributed by atoms with Crippen molar-refractivity contribution in [2.75, 3.05) is 23.8 Å². The number of hydrogen-bond donors (Lipinski definition) is 3. The highest BCUT2D eigenvalue weighted by molar-refractivity contribution is 5.91. The van der Waals surface area contributed by atoms with E-state index in [9.17, 15) is 9.90 Å². The predicted molar refractivity (Wildman–Crippen MR) is 79.5 cm³/mol. The van der Waals surface area contributed by atoms with Crippen molar-refractivity contribution in [1.29, 1.82) is 0 Å². The Morgan fingerprint density at radius 3 is 2.63 bits per heavy atom. The van der Waals surface area contributed by atoms with Gasteiger partial charge in [0.2, 0.25) is 5.91 Å². The zero-order valence-corrected chi connectivity index (χ0v) is 12.2. The molecule has 4 heteroatoms. The van der Waals surface area contributed by atoms with Gasteiger partial charge in [0, 0.05) is 36.4 Å². The average Bonchev–Trinajstić information content (AvgIpc) is 2.39. The molecule has 0 saturated heterocycles. The summed E-state index contributed by atoms with van der Waals surface area (Å²) in [4.78, 5) is 11.4. The number of carbonyl (C=O) groups excluding carboxylic acids is 1. The first-order chi connectivity index (χ1) is 8.88. The summed E-state index contributed by atoms with van der Waals surface area (Å²) in [5.74, 6) is 0.00508. The van der Waals surface area contributed by atoms with Gasteiger partial charge < -0.3 is 15.7 Å². The van der Waals surface area contributed by atoms with Gasteiger partial charge in [-0.2, -0.15) is 0 Å². The van der Waals surface area contributed by atoms with Gasteiger partial charge in [0.1, 0.15) is 0 Å². The van der Waals surface area contributed by atoms with Crippen LogP contribution >= 0.6 is 0 Å². The Balaban J connectivity index is 2.77. The van der Waals surface area contributed by atoms with E-state index < -0.39 is 0 Å². The van der Waals surface area contributed by atoms with Crippen molar-refractivity contribution in [3.8, 4) is 0 Å². The highest BCUT2D eigenvalue weighted by Gasteiger charge is 2.16. The lowest BCUT2D eigenvalue weighted by atomic mass is 9.95. The molecule has 0 atom stereocenters. The summed E-state index contributed by atoms with van der Waals surface area (Å²) in [6.07, 6.45) is 0.466. The molecule has 1 aromatic rings. The lowest BCUT2D eigenvalue weighted by molar-refractivity contribution is -0.115. The number of hydrogen-bond acceptors (Lipinski definition) is 3. The summed E-state index contributed by atoms with van der Waals surface area (Å²) in [6.45, 7) is 8.64. The Hall–Kier alpha value is -1.55. The highest BCUT2D eigenvalue weighted by Crippen LogP contribution is 2.22. The normalized spacial score (nSPS) is 11.2. The molecule has 0 radical (unpaired) electrons. The van der Waals surface area contributed by atoms with Gasteiger partial charge in [0.15, 0.2) is 0 Å². The van der Waals surface area contributed by atoms with Crippen LogP contribution in [0.5, 0.6) is 0 Å². The summed E-state index contributed by atoms with van der Waals surface area (Å²) in [5, 5.41) is 15.4. The van der Waals surface area contributed by atoms with Gasteiger partial charge in [-0.3, -0.25) is 4.79 Å². The van der Waals surface area contributed by atoms with Crippen LogP contribution in [0, 0.1) is 12.3 Å². The van der Waals surface area contributed by atoms with Crippen LogP contribution in [0.1, 0.15) is 32.8 Å². The van der Waals surface area contributed by atoms with Crippen molar-refractivity contribution in [1.82, 2.24) is 0 Å². The van der Waals surface area contributed by atoms with Gasteiger partial charge >= 0.3 is 0 Å². The van der Waals surface area contributed by atoms with Crippen molar-refractivity contribution in [3.63, 3.8) is 0 Å². The van der Waals surface area contributed by atoms with Gasteiger partial charge in [-0.1, -0.05) is 26.8 Å². The van der Waals surface area contributed by atoms with E-state index in [-0.39, 0.29) is 17.9 Å². The van der Waals surface area contributed by atoms with E-state index in [1.165, 1.54) is 0 Å². The third-order valence-electron chi connectivity index (χ3n) is 3.03. The number of aryl methyl sites for hydroxylation is 1. The molecule has 0 aliphatic rings. The number of aliphatic hydroxyl groups is 1. The molecule has 0 fully saturated rings. The van der Waals surface area contributed by atoms with Gasteiger partial charge in [0.25, 0.3) is 0 Å². The van der Waals surface area contributed by atoms with Gasteiger partial charge in [0.05, 0.1) is 0 Å². The van der Waals surface area contributed by atoms with Gasteiger partial charge in [-0.25, -0.2) is 0 Å². The van der Waals surface area contributed by atoms with Gasteiger partial charge in [-0.15, -0.1) is 0 Å². The zero-order chi connectivity index (χ0) is 14.5. The number of benzene rings is 1. The summed E-state index contributed by atoms with van der Waals surface area (Å²) in [6, 6.07) is 5.79. The second-order valence-corrected chi connectivity index (χ2v) is 5.61. The Morgan fingerprint density at radius 1 is 1.37 bits per heavy atom. The second kappa shape index (κ2) is 6.57. The number of carbonyl (C=O) groups is 1. The molecular weight excluding hydrogens is 240 g/mol. The van der Waals surface area contributed by atoms with Crippen LogP contribution < -0.4 is 10.6 Å². The zero-order valence-electron chi connectivity index (χ0n) is 12.2. The quantitative estimate of drug-likeness (QED) is 0.740. The molecule has 19 heavy (non-hydrogen) atoms. The van der Waals surface area contributed by atoms with Crippen LogP contribution in [0.2, 0.25) is 0 Å². The van der Waals surface area contributed by atoms with Crippen LogP contribution in [0.3, 0.4) is 0 Å². The predicted octanol–water partition coefficient (Wildman–Crippen LogP) is 2.77. The number of nitrogens with one attached hydrogen (secondary N) is 2. The number of rotatable bonds is 6. The molecule has 0 saturated carbocycles. The lowest BCUT2D eigenvalue weighted by Crippen LogP contribution is -2.27. The summed E-state index contributed by atoms with van der Waals surface area (Å²) >= 11 is 0. The van der Waals surface area contributed by atoms with Crippen LogP contribution in [-0.4, -0.2) is 24.2 Å². The Bertz CT molecular complexity index is 442. The molecule has 3 N–H and O–H groups in total. The maximum absolute atomic E-state index is 11.4. The molecule has 0 spiro atoms. The van der Waals surface area contributed by atoms with Crippen LogP contribution in [0.4, 0.5) is 11.4 Å². The summed E-state index contributed by atoms with van der Waals surface area (Å²) in [5.41, 5.74) is 2.72. The molecule has 4 nitrogen and oxygen atoms in total. The first-order valence-electron chi connectivity index (χ1n) is 6.63. The molecule has 1 amide bonds. The SMILES string of the molecule is CCC(=O)Nc1ccc(C)c(NCC(C)(C)CO)c1. The maximum Gasteiger partial charge on any atom is 0.224 e. The largest absolute Gasteiger partial charge is 0.396 e. The monoisotopic (exact) mass is 264 g/mol. The molecule has 0 unspecified atom stereocenters. The Kier molecular flexibility index (Phi) is 5.36. The third kappa shape index (κ3) is 4.91. The van der Waals surface area contributed by atoms with E-state index >= 15 is 0 Å². The minimum absolute atomic E-state index is 0.00508. The van der Waals surface area contributed by atoms with Gasteiger partial charge in [-0.05, 0) is 24.6 Å². The first-order valence-corrected chi connectivity index (χ1v) is 6.63. The smallest absolute Gasteiger partial charge is 0.224 e. The molecule has 0 aromatic heterocycles. The molecule has 0 heterocycles.